The molecule has 0 aliphatic carbocycles. The number of thiophene rings is 1. The number of esters is 1. The summed E-state index contributed by atoms with van der Waals surface area (Å²) in [4.78, 5) is 35.6. The van der Waals surface area contributed by atoms with Crippen molar-refractivity contribution in [3.63, 3.8) is 0 Å². The van der Waals surface area contributed by atoms with Crippen LogP contribution in [0.3, 0.4) is 0 Å². The van der Waals surface area contributed by atoms with Gasteiger partial charge in [0, 0.05) is 43.0 Å². The summed E-state index contributed by atoms with van der Waals surface area (Å²) >= 11 is -0.268. The minimum atomic E-state index is -1.90. The molecule has 4 aromatic rings. The van der Waals surface area contributed by atoms with Crippen molar-refractivity contribution in [2.24, 2.45) is 0 Å². The van der Waals surface area contributed by atoms with Gasteiger partial charge in [0.05, 0.1) is 47.9 Å². The second-order valence-electron chi connectivity index (χ2n) is 8.91. The average Bonchev–Trinajstić information content (AvgIpc) is 3.35. The lowest BCUT2D eigenvalue weighted by molar-refractivity contribution is 0.0525. The highest BCUT2D eigenvalue weighted by atomic mass is 32.2. The summed E-state index contributed by atoms with van der Waals surface area (Å²) in [6, 6.07) is 9.47. The highest BCUT2D eigenvalue weighted by Gasteiger charge is 2.21. The molecule has 1 aliphatic rings. The van der Waals surface area contributed by atoms with E-state index < -0.39 is 17.0 Å². The summed E-state index contributed by atoms with van der Waals surface area (Å²) in [7, 11) is 1.89. The maximum absolute atomic E-state index is 11.9. The fourth-order valence-electron chi connectivity index (χ4n) is 4.20. The molecule has 13 heteroatoms. The van der Waals surface area contributed by atoms with Gasteiger partial charge in [0.15, 0.2) is 22.7 Å². The molecule has 1 aromatic carbocycles. The van der Waals surface area contributed by atoms with Crippen molar-refractivity contribution in [2.45, 2.75) is 19.2 Å². The number of rotatable bonds is 9. The van der Waals surface area contributed by atoms with Gasteiger partial charge in [-0.05, 0) is 18.6 Å². The van der Waals surface area contributed by atoms with Gasteiger partial charge in [-0.1, -0.05) is 24.3 Å². The van der Waals surface area contributed by atoms with Crippen LogP contribution in [0.1, 0.15) is 27.7 Å². The van der Waals surface area contributed by atoms with Crippen molar-refractivity contribution < 1.29 is 23.0 Å². The second-order valence-corrected chi connectivity index (χ2v) is 11.0. The Balaban J connectivity index is 1.44. The summed E-state index contributed by atoms with van der Waals surface area (Å²) in [6.45, 7) is 5.33. The summed E-state index contributed by atoms with van der Waals surface area (Å²) < 4.78 is 31.9. The zero-order valence-electron chi connectivity index (χ0n) is 21.6. The fraction of sp³-hybridized carbons (Fsp3) is 0.346. The molecule has 0 saturated carbocycles. The van der Waals surface area contributed by atoms with Crippen LogP contribution in [0.2, 0.25) is 0 Å². The van der Waals surface area contributed by atoms with Crippen molar-refractivity contribution in [3.8, 4) is 11.4 Å². The summed E-state index contributed by atoms with van der Waals surface area (Å²) in [5.74, 6) is 1.59. The van der Waals surface area contributed by atoms with Crippen LogP contribution in [0.25, 0.3) is 21.6 Å². The maximum Gasteiger partial charge on any atom is 0.341 e. The molecule has 0 bridgehead atoms. The SMILES string of the molecule is CCOC(=O)c1cnc(N(C)Cc2cc3nc(-c4ccc(CS(=O)O)cc4)nc(N4CCOCC4)c3s2)nc1. The van der Waals surface area contributed by atoms with Crippen LogP contribution in [0.5, 0.6) is 0 Å². The first-order valence-electron chi connectivity index (χ1n) is 12.4. The van der Waals surface area contributed by atoms with E-state index in [2.05, 4.69) is 20.9 Å². The lowest BCUT2D eigenvalue weighted by Gasteiger charge is -2.28. The molecule has 1 fully saturated rings. The number of aromatic nitrogens is 4. The average molecular weight is 569 g/mol. The molecule has 1 saturated heterocycles. The maximum atomic E-state index is 11.9. The highest BCUT2D eigenvalue weighted by Crippen LogP contribution is 2.35. The van der Waals surface area contributed by atoms with Crippen LogP contribution in [0.4, 0.5) is 11.8 Å². The van der Waals surface area contributed by atoms with Crippen LogP contribution < -0.4 is 9.80 Å². The van der Waals surface area contributed by atoms with Gasteiger partial charge in [-0.3, -0.25) is 0 Å². The third-order valence-corrected chi connectivity index (χ3v) is 7.79. The summed E-state index contributed by atoms with van der Waals surface area (Å²) in [5, 5.41) is 0. The Morgan fingerprint density at radius 3 is 2.56 bits per heavy atom. The molecule has 1 unspecified atom stereocenters. The van der Waals surface area contributed by atoms with Crippen molar-refractivity contribution in [3.05, 3.63) is 58.7 Å². The molecule has 0 amide bonds. The number of anilines is 2. The first-order valence-corrected chi connectivity index (χ1v) is 14.5. The van der Waals surface area contributed by atoms with Crippen LogP contribution in [-0.2, 0) is 32.9 Å². The second kappa shape index (κ2) is 12.1. The molecule has 5 rings (SSSR count). The summed E-state index contributed by atoms with van der Waals surface area (Å²) in [5.41, 5.74) is 2.76. The van der Waals surface area contributed by atoms with Crippen molar-refractivity contribution in [2.75, 3.05) is 49.8 Å². The lowest BCUT2D eigenvalue weighted by Crippen LogP contribution is -2.36. The topological polar surface area (TPSA) is 131 Å². The third-order valence-electron chi connectivity index (χ3n) is 6.10. The van der Waals surface area contributed by atoms with Gasteiger partial charge in [-0.25, -0.2) is 28.9 Å². The van der Waals surface area contributed by atoms with E-state index in [1.54, 1.807) is 18.3 Å². The Kier molecular flexibility index (Phi) is 8.41. The van der Waals surface area contributed by atoms with E-state index >= 15 is 0 Å². The van der Waals surface area contributed by atoms with E-state index in [1.165, 1.54) is 12.4 Å². The molecule has 1 aliphatic heterocycles. The number of benzene rings is 1. The largest absolute Gasteiger partial charge is 0.462 e. The number of carbonyl (C=O) groups excluding carboxylic acids is 1. The summed E-state index contributed by atoms with van der Waals surface area (Å²) in [6.07, 6.45) is 2.94. The smallest absolute Gasteiger partial charge is 0.341 e. The Morgan fingerprint density at radius 2 is 1.90 bits per heavy atom. The van der Waals surface area contributed by atoms with Gasteiger partial charge < -0.3 is 23.8 Å². The molecule has 204 valence electrons. The van der Waals surface area contributed by atoms with Crippen LogP contribution >= 0.6 is 11.3 Å². The van der Waals surface area contributed by atoms with Gasteiger partial charge in [-0.2, -0.15) is 0 Å². The number of ether oxygens (including phenoxy) is 2. The zero-order chi connectivity index (χ0) is 27.4. The Labute approximate surface area is 232 Å². The Hall–Kier alpha value is -3.52. The minimum absolute atomic E-state index is 0.0792. The van der Waals surface area contributed by atoms with E-state index in [0.717, 1.165) is 45.1 Å². The number of carbonyl (C=O) groups is 1. The molecule has 3 aromatic heterocycles. The Morgan fingerprint density at radius 1 is 1.18 bits per heavy atom. The van der Waals surface area contributed by atoms with Crippen LogP contribution in [0, 0.1) is 0 Å². The van der Waals surface area contributed by atoms with Crippen molar-refractivity contribution >= 4 is 50.4 Å². The molecular formula is C26H28N6O5S2. The van der Waals surface area contributed by atoms with E-state index in [9.17, 15) is 13.6 Å². The fourth-order valence-corrected chi connectivity index (χ4v) is 5.84. The molecule has 39 heavy (non-hydrogen) atoms. The van der Waals surface area contributed by atoms with E-state index in [-0.39, 0.29) is 5.75 Å². The van der Waals surface area contributed by atoms with Crippen LogP contribution in [0.15, 0.2) is 42.7 Å². The van der Waals surface area contributed by atoms with Gasteiger partial charge in [0.25, 0.3) is 0 Å². The standard InChI is InChI=1S/C26H28N6O5S2/c1-3-37-25(33)19-13-27-26(28-14-19)31(2)15-20-12-21-22(38-20)24(32-8-10-36-11-9-32)30-23(29-21)18-6-4-17(5-7-18)16-39(34)35/h4-7,12-14H,3,8-11,15-16H2,1-2H3,(H,34,35). The van der Waals surface area contributed by atoms with Crippen LogP contribution in [-0.4, -0.2) is 74.6 Å². The lowest BCUT2D eigenvalue weighted by atomic mass is 10.1. The molecular weight excluding hydrogens is 540 g/mol. The molecule has 4 heterocycles. The molecule has 0 radical (unpaired) electrons. The van der Waals surface area contributed by atoms with E-state index in [4.69, 9.17) is 19.4 Å². The molecule has 11 nitrogen and oxygen atoms in total. The minimum Gasteiger partial charge on any atom is -0.462 e. The zero-order valence-corrected chi connectivity index (χ0v) is 23.2. The van der Waals surface area contributed by atoms with Gasteiger partial charge in [-0.15, -0.1) is 11.3 Å². The molecule has 0 spiro atoms. The van der Waals surface area contributed by atoms with Gasteiger partial charge in [0.2, 0.25) is 5.95 Å². The normalized spacial score (nSPS) is 14.4. The Bertz CT molecular complexity index is 1470. The van der Waals surface area contributed by atoms with E-state index in [0.29, 0.717) is 43.7 Å². The molecule has 1 atom stereocenters. The highest BCUT2D eigenvalue weighted by molar-refractivity contribution is 7.78. The van der Waals surface area contributed by atoms with Gasteiger partial charge >= 0.3 is 5.97 Å². The number of nitrogens with zero attached hydrogens (tertiary/aromatic N) is 6. The van der Waals surface area contributed by atoms with Crippen molar-refractivity contribution in [1.29, 1.82) is 0 Å². The first kappa shape index (κ1) is 27.1. The number of morpholine rings is 1. The number of fused-ring (bicyclic) bond motifs is 1. The monoisotopic (exact) mass is 568 g/mol. The quantitative estimate of drug-likeness (QED) is 0.235. The van der Waals surface area contributed by atoms with Crippen molar-refractivity contribution in [1.82, 2.24) is 19.9 Å². The predicted molar refractivity (Wildman–Crippen MR) is 150 cm³/mol. The van der Waals surface area contributed by atoms with Gasteiger partial charge in [0.1, 0.15) is 0 Å². The number of hydrogen-bond acceptors (Lipinski definition) is 11. The third kappa shape index (κ3) is 6.38. The molecule has 1 N–H and O–H groups in total. The van der Waals surface area contributed by atoms with E-state index in [1.807, 2.05) is 36.2 Å². The first-order chi connectivity index (χ1) is 18.9. The number of hydrogen-bond donors (Lipinski definition) is 1. The predicted octanol–water partition coefficient (Wildman–Crippen LogP) is 3.52.